The molecule has 4 heteroatoms. The fourth-order valence-electron chi connectivity index (χ4n) is 2.67. The van der Waals surface area contributed by atoms with Crippen molar-refractivity contribution in [3.05, 3.63) is 0 Å². The van der Waals surface area contributed by atoms with Crippen LogP contribution in [0.15, 0.2) is 0 Å². The van der Waals surface area contributed by atoms with Gasteiger partial charge in [-0.2, -0.15) is 11.8 Å². The first kappa shape index (κ1) is 16.8. The molecule has 0 heterocycles. The summed E-state index contributed by atoms with van der Waals surface area (Å²) in [5.41, 5.74) is -0.362. The minimum absolute atomic E-state index is 0.0906. The van der Waals surface area contributed by atoms with E-state index in [4.69, 9.17) is 4.74 Å². The Kier molecular flexibility index (Phi) is 7.22. The Morgan fingerprint density at radius 3 is 2.74 bits per heavy atom. The van der Waals surface area contributed by atoms with E-state index in [0.29, 0.717) is 11.8 Å². The Morgan fingerprint density at radius 1 is 1.37 bits per heavy atom. The molecule has 2 atom stereocenters. The van der Waals surface area contributed by atoms with Gasteiger partial charge < -0.3 is 10.1 Å². The molecule has 0 aromatic rings. The van der Waals surface area contributed by atoms with Crippen LogP contribution in [0.5, 0.6) is 0 Å². The Labute approximate surface area is 122 Å². The molecule has 112 valence electrons. The number of nitrogens with one attached hydrogen (secondary N) is 1. The van der Waals surface area contributed by atoms with Crippen LogP contribution < -0.4 is 5.32 Å². The van der Waals surface area contributed by atoms with E-state index >= 15 is 0 Å². The highest BCUT2D eigenvalue weighted by Gasteiger charge is 2.25. The molecule has 1 aliphatic carbocycles. The summed E-state index contributed by atoms with van der Waals surface area (Å²) in [5.74, 6) is 2.25. The van der Waals surface area contributed by atoms with Gasteiger partial charge in [0.25, 0.3) is 0 Å². The minimum atomic E-state index is -0.362. The SMILES string of the molecule is CCNC1CCCC1CCSCC(=O)OC(C)(C)C. The maximum absolute atomic E-state index is 11.6. The van der Waals surface area contributed by atoms with Gasteiger partial charge in [0.2, 0.25) is 0 Å². The molecule has 19 heavy (non-hydrogen) atoms. The summed E-state index contributed by atoms with van der Waals surface area (Å²) >= 11 is 1.71. The number of ether oxygens (including phenoxy) is 1. The van der Waals surface area contributed by atoms with E-state index in [-0.39, 0.29) is 11.6 Å². The van der Waals surface area contributed by atoms with Crippen molar-refractivity contribution in [1.82, 2.24) is 5.32 Å². The first-order valence-corrected chi connectivity index (χ1v) is 8.61. The highest BCUT2D eigenvalue weighted by Crippen LogP contribution is 2.29. The Bertz CT molecular complexity index is 276. The largest absolute Gasteiger partial charge is 0.459 e. The van der Waals surface area contributed by atoms with Crippen molar-refractivity contribution < 1.29 is 9.53 Å². The normalized spacial score (nSPS) is 23.6. The van der Waals surface area contributed by atoms with Crippen molar-refractivity contribution >= 4 is 17.7 Å². The van der Waals surface area contributed by atoms with Crippen molar-refractivity contribution in [2.75, 3.05) is 18.1 Å². The fourth-order valence-corrected chi connectivity index (χ4v) is 3.51. The zero-order valence-corrected chi connectivity index (χ0v) is 13.6. The lowest BCUT2D eigenvalue weighted by Gasteiger charge is -2.21. The summed E-state index contributed by atoms with van der Waals surface area (Å²) in [5, 5.41) is 3.57. The van der Waals surface area contributed by atoms with Crippen LogP contribution in [0.2, 0.25) is 0 Å². The molecule has 0 aromatic heterocycles. The molecule has 0 aromatic carbocycles. The van der Waals surface area contributed by atoms with Crippen LogP contribution in [0.3, 0.4) is 0 Å². The van der Waals surface area contributed by atoms with Crippen LogP contribution in [-0.2, 0) is 9.53 Å². The number of esters is 1. The van der Waals surface area contributed by atoms with Crippen molar-refractivity contribution in [2.24, 2.45) is 5.92 Å². The van der Waals surface area contributed by atoms with E-state index in [1.165, 1.54) is 25.7 Å². The zero-order chi connectivity index (χ0) is 14.3. The smallest absolute Gasteiger partial charge is 0.316 e. The molecule has 0 aliphatic heterocycles. The third-order valence-electron chi connectivity index (χ3n) is 3.40. The molecule has 0 bridgehead atoms. The predicted octanol–water partition coefficient (Wildman–Crippen LogP) is 3.23. The molecule has 2 unspecified atom stereocenters. The van der Waals surface area contributed by atoms with Crippen LogP contribution in [0.4, 0.5) is 0 Å². The van der Waals surface area contributed by atoms with Crippen molar-refractivity contribution in [2.45, 2.75) is 65.0 Å². The highest BCUT2D eigenvalue weighted by atomic mass is 32.2. The molecule has 1 aliphatic rings. The van der Waals surface area contributed by atoms with Crippen LogP contribution in [0.1, 0.15) is 53.4 Å². The van der Waals surface area contributed by atoms with Crippen LogP contribution >= 0.6 is 11.8 Å². The second-order valence-corrected chi connectivity index (χ2v) is 7.39. The molecular formula is C15H29NO2S. The van der Waals surface area contributed by atoms with Gasteiger partial charge in [-0.25, -0.2) is 0 Å². The maximum atomic E-state index is 11.6. The predicted molar refractivity (Wildman–Crippen MR) is 82.6 cm³/mol. The van der Waals surface area contributed by atoms with Crippen molar-refractivity contribution in [3.8, 4) is 0 Å². The van der Waals surface area contributed by atoms with Gasteiger partial charge >= 0.3 is 5.97 Å². The molecule has 1 saturated carbocycles. The average Bonchev–Trinajstić information content (AvgIpc) is 2.70. The molecule has 1 rings (SSSR count). The lowest BCUT2D eigenvalue weighted by atomic mass is 10.0. The highest BCUT2D eigenvalue weighted by molar-refractivity contribution is 7.99. The number of hydrogen-bond donors (Lipinski definition) is 1. The van der Waals surface area contributed by atoms with Crippen molar-refractivity contribution in [1.29, 1.82) is 0 Å². The number of thioether (sulfide) groups is 1. The summed E-state index contributed by atoms with van der Waals surface area (Å²) in [6, 6.07) is 0.701. The monoisotopic (exact) mass is 287 g/mol. The lowest BCUT2D eigenvalue weighted by molar-refractivity contribution is -0.151. The summed E-state index contributed by atoms with van der Waals surface area (Å²) < 4.78 is 5.30. The minimum Gasteiger partial charge on any atom is -0.459 e. The van der Waals surface area contributed by atoms with E-state index < -0.39 is 0 Å². The third-order valence-corrected chi connectivity index (χ3v) is 4.36. The van der Waals surface area contributed by atoms with Crippen LogP contribution in [0, 0.1) is 5.92 Å². The Balaban J connectivity index is 2.12. The van der Waals surface area contributed by atoms with E-state index in [2.05, 4.69) is 12.2 Å². The quantitative estimate of drug-likeness (QED) is 0.576. The number of hydrogen-bond acceptors (Lipinski definition) is 4. The molecular weight excluding hydrogens is 258 g/mol. The van der Waals surface area contributed by atoms with E-state index in [1.54, 1.807) is 11.8 Å². The average molecular weight is 287 g/mol. The topological polar surface area (TPSA) is 38.3 Å². The molecule has 0 spiro atoms. The molecule has 0 saturated heterocycles. The van der Waals surface area contributed by atoms with Gasteiger partial charge in [-0.1, -0.05) is 13.3 Å². The van der Waals surface area contributed by atoms with Crippen LogP contribution in [0.25, 0.3) is 0 Å². The summed E-state index contributed by atoms with van der Waals surface area (Å²) in [7, 11) is 0. The first-order valence-electron chi connectivity index (χ1n) is 7.45. The molecule has 1 N–H and O–H groups in total. The van der Waals surface area contributed by atoms with Gasteiger partial charge in [-0.05, 0) is 58.2 Å². The van der Waals surface area contributed by atoms with E-state index in [1.807, 2.05) is 20.8 Å². The molecule has 0 amide bonds. The lowest BCUT2D eigenvalue weighted by Crippen LogP contribution is -2.32. The van der Waals surface area contributed by atoms with Gasteiger partial charge in [-0.3, -0.25) is 4.79 Å². The van der Waals surface area contributed by atoms with Crippen molar-refractivity contribution in [3.63, 3.8) is 0 Å². The Hall–Kier alpha value is -0.220. The number of carbonyl (C=O) groups excluding carboxylic acids is 1. The standard InChI is InChI=1S/C15H29NO2S/c1-5-16-13-8-6-7-12(13)9-10-19-11-14(17)18-15(2,3)4/h12-13,16H,5-11H2,1-4H3. The van der Waals surface area contributed by atoms with Gasteiger partial charge in [0.15, 0.2) is 0 Å². The molecule has 3 nitrogen and oxygen atoms in total. The van der Waals surface area contributed by atoms with Gasteiger partial charge in [0.1, 0.15) is 5.60 Å². The van der Waals surface area contributed by atoms with Crippen LogP contribution in [-0.4, -0.2) is 35.7 Å². The number of rotatable bonds is 7. The Morgan fingerprint density at radius 2 is 2.11 bits per heavy atom. The van der Waals surface area contributed by atoms with Gasteiger partial charge in [-0.15, -0.1) is 0 Å². The van der Waals surface area contributed by atoms with E-state index in [9.17, 15) is 4.79 Å². The first-order chi connectivity index (χ1) is 8.92. The maximum Gasteiger partial charge on any atom is 0.316 e. The number of carbonyl (C=O) groups is 1. The zero-order valence-electron chi connectivity index (χ0n) is 12.8. The van der Waals surface area contributed by atoms with Gasteiger partial charge in [0, 0.05) is 6.04 Å². The fraction of sp³-hybridized carbons (Fsp3) is 0.933. The second kappa shape index (κ2) is 8.15. The molecule has 1 fully saturated rings. The summed E-state index contributed by atoms with van der Waals surface area (Å²) in [6.45, 7) is 8.97. The molecule has 0 radical (unpaired) electrons. The second-order valence-electron chi connectivity index (χ2n) is 6.28. The summed E-state index contributed by atoms with van der Waals surface area (Å²) in [4.78, 5) is 11.6. The summed E-state index contributed by atoms with van der Waals surface area (Å²) in [6.07, 6.45) is 5.21. The van der Waals surface area contributed by atoms with Gasteiger partial charge in [0.05, 0.1) is 5.75 Å². The van der Waals surface area contributed by atoms with E-state index in [0.717, 1.165) is 18.2 Å². The third kappa shape index (κ3) is 7.21.